The maximum atomic E-state index is 13.2. The van der Waals surface area contributed by atoms with Crippen LogP contribution < -0.4 is 5.73 Å². The van der Waals surface area contributed by atoms with E-state index in [1.165, 1.54) is 0 Å². The van der Waals surface area contributed by atoms with Gasteiger partial charge in [0, 0.05) is 5.39 Å². The van der Waals surface area contributed by atoms with Gasteiger partial charge in [-0.15, -0.1) is 0 Å². The standard InChI is InChI=1S/C11H5F8N3/c12-9(13,11(17,18)19)6-3-5(10(14,15)16)4-1-2-7(20)22-8(4)21-6/h1-3H,(H2,20,21,22). The van der Waals surface area contributed by atoms with Crippen LogP contribution in [0.25, 0.3) is 11.0 Å². The van der Waals surface area contributed by atoms with Gasteiger partial charge in [0.15, 0.2) is 5.65 Å². The van der Waals surface area contributed by atoms with E-state index in [0.29, 0.717) is 0 Å². The van der Waals surface area contributed by atoms with Gasteiger partial charge < -0.3 is 5.73 Å². The molecule has 2 aromatic rings. The summed E-state index contributed by atoms with van der Waals surface area (Å²) in [4.78, 5) is 6.16. The third kappa shape index (κ3) is 2.62. The molecule has 0 spiro atoms. The average Bonchev–Trinajstić information content (AvgIpc) is 2.34. The first-order valence-electron chi connectivity index (χ1n) is 5.43. The Hall–Kier alpha value is -2.20. The predicted molar refractivity (Wildman–Crippen MR) is 58.9 cm³/mol. The predicted octanol–water partition coefficient (Wildman–Crippen LogP) is 3.88. The number of nitrogen functional groups attached to an aromatic ring is 1. The van der Waals surface area contributed by atoms with Crippen LogP contribution in [0.2, 0.25) is 0 Å². The molecular weight excluding hydrogens is 326 g/mol. The van der Waals surface area contributed by atoms with Crippen molar-refractivity contribution in [3.8, 4) is 0 Å². The molecule has 0 amide bonds. The summed E-state index contributed by atoms with van der Waals surface area (Å²) in [6.45, 7) is 0. The second kappa shape index (κ2) is 4.65. The number of hydrogen-bond acceptors (Lipinski definition) is 3. The summed E-state index contributed by atoms with van der Waals surface area (Å²) in [5.41, 5.74) is 0.432. The molecule has 11 heteroatoms. The number of alkyl halides is 8. The van der Waals surface area contributed by atoms with Gasteiger partial charge in [-0.05, 0) is 18.2 Å². The zero-order valence-electron chi connectivity index (χ0n) is 10.2. The zero-order valence-corrected chi connectivity index (χ0v) is 10.2. The molecule has 0 atom stereocenters. The largest absolute Gasteiger partial charge is 0.459 e. The molecule has 0 unspecified atom stereocenters. The topological polar surface area (TPSA) is 51.8 Å². The first-order chi connectivity index (χ1) is 9.84. The molecule has 0 aliphatic rings. The number of nitrogens with two attached hydrogens (primary N) is 1. The smallest absolute Gasteiger partial charge is 0.384 e. The number of nitrogens with zero attached hydrogens (tertiary/aromatic N) is 2. The van der Waals surface area contributed by atoms with Crippen molar-refractivity contribution in [3.05, 3.63) is 29.5 Å². The Balaban J connectivity index is 2.84. The van der Waals surface area contributed by atoms with Crippen molar-refractivity contribution < 1.29 is 35.1 Å². The van der Waals surface area contributed by atoms with E-state index in [9.17, 15) is 35.1 Å². The van der Waals surface area contributed by atoms with Crippen molar-refractivity contribution in [3.63, 3.8) is 0 Å². The molecule has 3 nitrogen and oxygen atoms in total. The molecule has 0 saturated heterocycles. The number of rotatable bonds is 1. The third-order valence-electron chi connectivity index (χ3n) is 2.68. The SMILES string of the molecule is Nc1ccc2c(C(F)(F)F)cc(C(F)(F)C(F)(F)F)nc2n1. The van der Waals surface area contributed by atoms with Gasteiger partial charge >= 0.3 is 18.3 Å². The van der Waals surface area contributed by atoms with Crippen LogP contribution in [0, 0.1) is 0 Å². The summed E-state index contributed by atoms with van der Waals surface area (Å²) in [6, 6.07) is 1.40. The summed E-state index contributed by atoms with van der Waals surface area (Å²) in [5.74, 6) is -5.94. The number of aromatic nitrogens is 2. The van der Waals surface area contributed by atoms with Crippen molar-refractivity contribution in [2.75, 3.05) is 5.73 Å². The first kappa shape index (κ1) is 16.2. The van der Waals surface area contributed by atoms with Gasteiger partial charge in [0.2, 0.25) is 0 Å². The molecule has 2 heterocycles. The fraction of sp³-hybridized carbons (Fsp3) is 0.273. The van der Waals surface area contributed by atoms with Crippen molar-refractivity contribution in [1.82, 2.24) is 9.97 Å². The van der Waals surface area contributed by atoms with Crippen LogP contribution in [0.5, 0.6) is 0 Å². The normalized spacial score (nSPS) is 13.6. The molecule has 0 aliphatic heterocycles. The second-order valence-corrected chi connectivity index (χ2v) is 4.23. The minimum Gasteiger partial charge on any atom is -0.384 e. The van der Waals surface area contributed by atoms with Crippen LogP contribution in [0.15, 0.2) is 18.2 Å². The monoisotopic (exact) mass is 331 g/mol. The van der Waals surface area contributed by atoms with E-state index in [-0.39, 0.29) is 11.9 Å². The lowest BCUT2D eigenvalue weighted by Crippen LogP contribution is -2.35. The lowest BCUT2D eigenvalue weighted by molar-refractivity contribution is -0.291. The van der Waals surface area contributed by atoms with Gasteiger partial charge in [-0.1, -0.05) is 0 Å². The highest BCUT2D eigenvalue weighted by molar-refractivity contribution is 5.81. The minimum absolute atomic E-state index is 0.340. The van der Waals surface area contributed by atoms with E-state index >= 15 is 0 Å². The van der Waals surface area contributed by atoms with Crippen LogP contribution in [0.4, 0.5) is 40.9 Å². The van der Waals surface area contributed by atoms with E-state index in [1.807, 2.05) is 0 Å². The number of anilines is 1. The van der Waals surface area contributed by atoms with Crippen molar-refractivity contribution >= 4 is 16.9 Å². The Labute approximate surface area is 116 Å². The molecule has 120 valence electrons. The Morgan fingerprint density at radius 1 is 0.864 bits per heavy atom. The first-order valence-corrected chi connectivity index (χ1v) is 5.43. The van der Waals surface area contributed by atoms with Gasteiger partial charge in [-0.2, -0.15) is 35.1 Å². The molecule has 0 aliphatic carbocycles. The molecule has 22 heavy (non-hydrogen) atoms. The highest BCUT2D eigenvalue weighted by Gasteiger charge is 2.60. The van der Waals surface area contributed by atoms with Crippen LogP contribution in [0.1, 0.15) is 11.3 Å². The lowest BCUT2D eigenvalue weighted by atomic mass is 10.1. The summed E-state index contributed by atoms with van der Waals surface area (Å²) in [7, 11) is 0. The van der Waals surface area contributed by atoms with Crippen molar-refractivity contribution in [2.24, 2.45) is 0 Å². The Bertz CT molecular complexity index is 720. The van der Waals surface area contributed by atoms with Gasteiger partial charge in [0.05, 0.1) is 5.56 Å². The van der Waals surface area contributed by atoms with E-state index in [1.54, 1.807) is 0 Å². The molecule has 2 aromatic heterocycles. The molecule has 0 bridgehead atoms. The van der Waals surface area contributed by atoms with Crippen LogP contribution in [-0.4, -0.2) is 16.1 Å². The summed E-state index contributed by atoms with van der Waals surface area (Å²) >= 11 is 0. The molecule has 0 fully saturated rings. The number of hydrogen-bond donors (Lipinski definition) is 1. The van der Waals surface area contributed by atoms with Gasteiger partial charge in [-0.3, -0.25) is 0 Å². The van der Waals surface area contributed by atoms with Gasteiger partial charge in [0.25, 0.3) is 0 Å². The van der Waals surface area contributed by atoms with Gasteiger partial charge in [-0.25, -0.2) is 9.97 Å². The summed E-state index contributed by atoms with van der Waals surface area (Å²) in [6.07, 6.45) is -11.3. The van der Waals surface area contributed by atoms with Crippen molar-refractivity contribution in [2.45, 2.75) is 18.3 Å². The highest BCUT2D eigenvalue weighted by Crippen LogP contribution is 2.45. The maximum absolute atomic E-state index is 13.2. The average molecular weight is 331 g/mol. The number of fused-ring (bicyclic) bond motifs is 1. The number of halogens is 8. The van der Waals surface area contributed by atoms with Crippen molar-refractivity contribution in [1.29, 1.82) is 0 Å². The van der Waals surface area contributed by atoms with Gasteiger partial charge in [0.1, 0.15) is 11.5 Å². The minimum atomic E-state index is -6.10. The quantitative estimate of drug-likeness (QED) is 0.807. The maximum Gasteiger partial charge on any atom is 0.459 e. The van der Waals surface area contributed by atoms with E-state index < -0.39 is 40.6 Å². The van der Waals surface area contributed by atoms with Crippen LogP contribution >= 0.6 is 0 Å². The molecule has 2 rings (SSSR count). The van der Waals surface area contributed by atoms with E-state index in [0.717, 1.165) is 12.1 Å². The fourth-order valence-electron chi connectivity index (χ4n) is 1.66. The Kier molecular flexibility index (Phi) is 3.42. The zero-order chi connectivity index (χ0) is 16.9. The fourth-order valence-corrected chi connectivity index (χ4v) is 1.66. The van der Waals surface area contributed by atoms with Crippen LogP contribution in [0.3, 0.4) is 0 Å². The van der Waals surface area contributed by atoms with E-state index in [2.05, 4.69) is 9.97 Å². The van der Waals surface area contributed by atoms with E-state index in [4.69, 9.17) is 5.73 Å². The third-order valence-corrected chi connectivity index (χ3v) is 2.68. The summed E-state index contributed by atoms with van der Waals surface area (Å²) < 4.78 is 102. The summed E-state index contributed by atoms with van der Waals surface area (Å²) in [5, 5.41) is -0.733. The highest BCUT2D eigenvalue weighted by atomic mass is 19.4. The number of pyridine rings is 2. The molecule has 0 aromatic carbocycles. The molecular formula is C11H5F8N3. The molecule has 0 saturated carbocycles. The molecule has 0 radical (unpaired) electrons. The second-order valence-electron chi connectivity index (χ2n) is 4.23. The Morgan fingerprint density at radius 3 is 1.95 bits per heavy atom. The van der Waals surface area contributed by atoms with Crippen LogP contribution in [-0.2, 0) is 12.1 Å². The lowest BCUT2D eigenvalue weighted by Gasteiger charge is -2.20. The Morgan fingerprint density at radius 2 is 1.45 bits per heavy atom. The molecule has 2 N–H and O–H groups in total.